The van der Waals surface area contributed by atoms with E-state index in [1.165, 1.54) is 12.0 Å². The van der Waals surface area contributed by atoms with E-state index in [0.29, 0.717) is 0 Å². The maximum atomic E-state index is 10.9. The second-order valence-electron chi connectivity index (χ2n) is 7.10. The normalized spacial score (nSPS) is 19.3. The van der Waals surface area contributed by atoms with E-state index in [0.717, 1.165) is 31.5 Å². The van der Waals surface area contributed by atoms with E-state index in [1.807, 2.05) is 12.3 Å². The Bertz CT molecular complexity index is 511. The molecule has 0 fully saturated rings. The van der Waals surface area contributed by atoms with Gasteiger partial charge in [0.15, 0.2) is 0 Å². The van der Waals surface area contributed by atoms with Gasteiger partial charge < -0.3 is 15.7 Å². The molecule has 1 aliphatic rings. The van der Waals surface area contributed by atoms with Gasteiger partial charge in [0.25, 0.3) is 0 Å². The lowest BCUT2D eigenvalue weighted by molar-refractivity contribution is 0.171. The second kappa shape index (κ2) is 7.09. The molecule has 122 valence electrons. The summed E-state index contributed by atoms with van der Waals surface area (Å²) in [7, 11) is 0. The molecule has 0 saturated carbocycles. The summed E-state index contributed by atoms with van der Waals surface area (Å²) in [4.78, 5) is 15.5. The fourth-order valence-corrected chi connectivity index (χ4v) is 3.08. The molecule has 22 heavy (non-hydrogen) atoms. The summed E-state index contributed by atoms with van der Waals surface area (Å²) in [5.74, 6) is 0. The number of hydrogen-bond acceptors (Lipinski definition) is 3. The van der Waals surface area contributed by atoms with Crippen molar-refractivity contribution in [2.75, 3.05) is 6.54 Å². The lowest BCUT2D eigenvalue weighted by Gasteiger charge is -2.32. The number of aryl methyl sites for hydroxylation is 1. The fourth-order valence-electron chi connectivity index (χ4n) is 3.08. The first-order valence-electron chi connectivity index (χ1n) is 8.04. The van der Waals surface area contributed by atoms with Gasteiger partial charge in [0.2, 0.25) is 0 Å². The van der Waals surface area contributed by atoms with Crippen LogP contribution in [0.1, 0.15) is 57.3 Å². The van der Waals surface area contributed by atoms with Gasteiger partial charge in [-0.3, -0.25) is 4.98 Å². The molecule has 1 aliphatic carbocycles. The second-order valence-corrected chi connectivity index (χ2v) is 7.10. The number of carbonyl (C=O) groups is 1. The van der Waals surface area contributed by atoms with Gasteiger partial charge in [-0.15, -0.1) is 0 Å². The lowest BCUT2D eigenvalue weighted by atomic mass is 9.84. The van der Waals surface area contributed by atoms with Gasteiger partial charge in [-0.1, -0.05) is 26.8 Å². The number of amides is 1. The summed E-state index contributed by atoms with van der Waals surface area (Å²) in [6.45, 7) is 6.96. The van der Waals surface area contributed by atoms with Crippen LogP contribution in [-0.4, -0.2) is 28.8 Å². The number of pyridine rings is 1. The van der Waals surface area contributed by atoms with Crippen LogP contribution in [0.5, 0.6) is 0 Å². The number of hydrogen-bond donors (Lipinski definition) is 3. The molecule has 0 bridgehead atoms. The van der Waals surface area contributed by atoms with Crippen LogP contribution < -0.4 is 10.6 Å². The molecule has 0 saturated heterocycles. The molecule has 1 aromatic rings. The van der Waals surface area contributed by atoms with E-state index >= 15 is 0 Å². The molecule has 5 nitrogen and oxygen atoms in total. The number of nitrogens with zero attached hydrogens (tertiary/aromatic N) is 1. The van der Waals surface area contributed by atoms with Crippen LogP contribution in [0, 0.1) is 5.41 Å². The van der Waals surface area contributed by atoms with Crippen molar-refractivity contribution < 1.29 is 9.90 Å². The van der Waals surface area contributed by atoms with E-state index in [2.05, 4.69) is 42.5 Å². The van der Waals surface area contributed by atoms with E-state index < -0.39 is 6.09 Å². The Balaban J connectivity index is 1.92. The fraction of sp³-hybridized carbons (Fsp3) is 0.647. The average Bonchev–Trinajstić information content (AvgIpc) is 2.45. The van der Waals surface area contributed by atoms with Crippen LogP contribution in [0.25, 0.3) is 0 Å². The molecule has 2 rings (SSSR count). The molecular formula is C17H27N3O2. The standard InChI is InChI=1S/C17H27N3O2/c1-17(2,3)14(20-16(21)22)9-11-18-13-8-4-6-12-7-5-10-19-15(12)13/h5,7,10,13-14,18,20H,4,6,8-9,11H2,1-3H3,(H,21,22). The highest BCUT2D eigenvalue weighted by molar-refractivity contribution is 5.64. The molecule has 1 aromatic heterocycles. The molecule has 0 aliphatic heterocycles. The quantitative estimate of drug-likeness (QED) is 0.781. The lowest BCUT2D eigenvalue weighted by Crippen LogP contribution is -2.45. The first-order chi connectivity index (χ1) is 10.4. The maximum absolute atomic E-state index is 10.9. The highest BCUT2D eigenvalue weighted by Crippen LogP contribution is 2.28. The average molecular weight is 305 g/mol. The zero-order valence-corrected chi connectivity index (χ0v) is 13.7. The molecule has 2 atom stereocenters. The van der Waals surface area contributed by atoms with Crippen LogP contribution in [0.3, 0.4) is 0 Å². The summed E-state index contributed by atoms with van der Waals surface area (Å²) >= 11 is 0. The Morgan fingerprint density at radius 2 is 2.27 bits per heavy atom. The minimum Gasteiger partial charge on any atom is -0.465 e. The summed E-state index contributed by atoms with van der Waals surface area (Å²) in [5.41, 5.74) is 2.40. The predicted molar refractivity (Wildman–Crippen MR) is 86.9 cm³/mol. The molecule has 1 amide bonds. The Labute approximate surface area is 132 Å². The van der Waals surface area contributed by atoms with Crippen molar-refractivity contribution in [3.63, 3.8) is 0 Å². The molecule has 0 radical (unpaired) electrons. The van der Waals surface area contributed by atoms with Gasteiger partial charge in [-0.25, -0.2) is 4.79 Å². The van der Waals surface area contributed by atoms with Gasteiger partial charge >= 0.3 is 6.09 Å². The topological polar surface area (TPSA) is 74.2 Å². The minimum absolute atomic E-state index is 0.0655. The van der Waals surface area contributed by atoms with Crippen molar-refractivity contribution in [3.8, 4) is 0 Å². The van der Waals surface area contributed by atoms with Crippen molar-refractivity contribution in [1.29, 1.82) is 0 Å². The van der Waals surface area contributed by atoms with Gasteiger partial charge in [0.05, 0.1) is 5.69 Å². The zero-order valence-electron chi connectivity index (χ0n) is 13.7. The van der Waals surface area contributed by atoms with Crippen molar-refractivity contribution in [1.82, 2.24) is 15.6 Å². The van der Waals surface area contributed by atoms with Crippen LogP contribution in [0.4, 0.5) is 4.79 Å². The number of carboxylic acid groups (broad SMARTS) is 1. The largest absolute Gasteiger partial charge is 0.465 e. The smallest absolute Gasteiger partial charge is 0.404 e. The molecule has 5 heteroatoms. The Morgan fingerprint density at radius 1 is 1.50 bits per heavy atom. The highest BCUT2D eigenvalue weighted by Gasteiger charge is 2.27. The van der Waals surface area contributed by atoms with Crippen molar-refractivity contribution in [3.05, 3.63) is 29.6 Å². The highest BCUT2D eigenvalue weighted by atomic mass is 16.4. The van der Waals surface area contributed by atoms with Gasteiger partial charge in [0, 0.05) is 18.3 Å². The number of rotatable bonds is 5. The Kier molecular flexibility index (Phi) is 5.40. The zero-order chi connectivity index (χ0) is 16.2. The van der Waals surface area contributed by atoms with Gasteiger partial charge in [-0.2, -0.15) is 0 Å². The Hall–Kier alpha value is -1.62. The third-order valence-electron chi connectivity index (χ3n) is 4.36. The summed E-state index contributed by atoms with van der Waals surface area (Å²) < 4.78 is 0. The van der Waals surface area contributed by atoms with Crippen LogP contribution in [-0.2, 0) is 6.42 Å². The third kappa shape index (κ3) is 4.44. The van der Waals surface area contributed by atoms with Gasteiger partial charge in [0.1, 0.15) is 0 Å². The third-order valence-corrected chi connectivity index (χ3v) is 4.36. The number of aromatic nitrogens is 1. The molecule has 2 unspecified atom stereocenters. The summed E-state index contributed by atoms with van der Waals surface area (Å²) in [6, 6.07) is 4.37. The molecule has 0 spiro atoms. The van der Waals surface area contributed by atoms with E-state index in [9.17, 15) is 4.79 Å². The Morgan fingerprint density at radius 3 is 2.95 bits per heavy atom. The van der Waals surface area contributed by atoms with E-state index in [1.54, 1.807) is 0 Å². The van der Waals surface area contributed by atoms with Crippen molar-refractivity contribution in [2.45, 2.75) is 58.5 Å². The summed E-state index contributed by atoms with van der Waals surface area (Å²) in [6.07, 6.45) is 5.04. The van der Waals surface area contributed by atoms with Crippen LogP contribution in [0.15, 0.2) is 18.3 Å². The van der Waals surface area contributed by atoms with Crippen LogP contribution >= 0.6 is 0 Å². The first kappa shape index (κ1) is 16.7. The number of nitrogens with one attached hydrogen (secondary N) is 2. The SMILES string of the molecule is CC(C)(C)C(CCNC1CCCc2cccnc21)NC(=O)O. The predicted octanol–water partition coefficient (Wildman–Crippen LogP) is 3.12. The van der Waals surface area contributed by atoms with Crippen molar-refractivity contribution in [2.24, 2.45) is 5.41 Å². The minimum atomic E-state index is -0.954. The maximum Gasteiger partial charge on any atom is 0.404 e. The molecule has 1 heterocycles. The monoisotopic (exact) mass is 305 g/mol. The molecule has 0 aromatic carbocycles. The molecular weight excluding hydrogens is 278 g/mol. The summed E-state index contributed by atoms with van der Waals surface area (Å²) in [5, 5.41) is 15.2. The van der Waals surface area contributed by atoms with Crippen molar-refractivity contribution >= 4 is 6.09 Å². The van der Waals surface area contributed by atoms with Crippen LogP contribution in [0.2, 0.25) is 0 Å². The first-order valence-corrected chi connectivity index (χ1v) is 8.04. The molecule has 3 N–H and O–H groups in total. The van der Waals surface area contributed by atoms with E-state index in [-0.39, 0.29) is 17.5 Å². The number of fused-ring (bicyclic) bond motifs is 1. The van der Waals surface area contributed by atoms with E-state index in [4.69, 9.17) is 5.11 Å². The van der Waals surface area contributed by atoms with Gasteiger partial charge in [-0.05, 0) is 49.3 Å².